The van der Waals surface area contributed by atoms with Gasteiger partial charge in [-0.25, -0.2) is 13.1 Å². The molecule has 1 saturated heterocycles. The number of amides is 1. The number of fused-ring (bicyclic) bond motifs is 2. The molecule has 3 heterocycles. The summed E-state index contributed by atoms with van der Waals surface area (Å²) in [7, 11) is 2.23. The van der Waals surface area contributed by atoms with Crippen LogP contribution in [0.4, 0.5) is 11.4 Å². The molecule has 0 saturated carbocycles. The highest BCUT2D eigenvalue weighted by atomic mass is 32.2. The van der Waals surface area contributed by atoms with Crippen LogP contribution in [0.2, 0.25) is 0 Å². The first kappa shape index (κ1) is 24.2. The fourth-order valence-corrected chi connectivity index (χ4v) is 5.24. The van der Waals surface area contributed by atoms with E-state index in [1.54, 1.807) is 22.5 Å². The number of nitrogens with one attached hydrogen (secondary N) is 3. The number of carbonyl (C=O) groups is 1. The van der Waals surface area contributed by atoms with E-state index < -0.39 is 10.0 Å². The van der Waals surface area contributed by atoms with Crippen LogP contribution in [0.25, 0.3) is 21.8 Å². The first-order chi connectivity index (χ1) is 17.1. The van der Waals surface area contributed by atoms with Gasteiger partial charge in [0.05, 0.1) is 17.3 Å². The summed E-state index contributed by atoms with van der Waals surface area (Å²) in [6, 6.07) is 7.83. The van der Waals surface area contributed by atoms with Crippen molar-refractivity contribution in [3.63, 3.8) is 0 Å². The number of anilines is 2. The summed E-state index contributed by atoms with van der Waals surface area (Å²) < 4.78 is 29.2. The normalized spacial score (nSPS) is 16.3. The van der Waals surface area contributed by atoms with E-state index >= 15 is 0 Å². The summed E-state index contributed by atoms with van der Waals surface area (Å²) in [5.41, 5.74) is 4.07. The van der Waals surface area contributed by atoms with Gasteiger partial charge in [-0.1, -0.05) is 0 Å². The third-order valence-electron chi connectivity index (χ3n) is 6.53. The molecular weight excluding hydrogens is 480 g/mol. The summed E-state index contributed by atoms with van der Waals surface area (Å²) in [5, 5.41) is 17.1. The third kappa shape index (κ3) is 4.79. The average molecular weight is 511 g/mol. The minimum Gasteiger partial charge on any atom is -0.369 e. The van der Waals surface area contributed by atoms with Gasteiger partial charge in [0, 0.05) is 74.3 Å². The van der Waals surface area contributed by atoms with Crippen LogP contribution in [0.1, 0.15) is 22.3 Å². The molecule has 1 aliphatic rings. The van der Waals surface area contributed by atoms with Gasteiger partial charge in [-0.3, -0.25) is 14.2 Å². The van der Waals surface area contributed by atoms with E-state index in [2.05, 4.69) is 30.5 Å². The van der Waals surface area contributed by atoms with Crippen LogP contribution in [0.5, 0.6) is 0 Å². The van der Waals surface area contributed by atoms with Gasteiger partial charge in [0.15, 0.2) is 0 Å². The molecule has 1 aliphatic heterocycles. The second kappa shape index (κ2) is 9.19. The van der Waals surface area contributed by atoms with Gasteiger partial charge in [0.2, 0.25) is 10.0 Å². The molecule has 4 aromatic rings. The predicted molar refractivity (Wildman–Crippen MR) is 141 cm³/mol. The van der Waals surface area contributed by atoms with E-state index in [-0.39, 0.29) is 12.5 Å². The summed E-state index contributed by atoms with van der Waals surface area (Å²) in [6.07, 6.45) is 5.95. The Balaban J connectivity index is 1.47. The Morgan fingerprint density at radius 1 is 1.11 bits per heavy atom. The summed E-state index contributed by atoms with van der Waals surface area (Å²) in [6.45, 7) is 1.91. The summed E-state index contributed by atoms with van der Waals surface area (Å²) in [4.78, 5) is 15.7. The maximum absolute atomic E-state index is 13.4. The summed E-state index contributed by atoms with van der Waals surface area (Å²) >= 11 is 0. The van der Waals surface area contributed by atoms with Crippen LogP contribution in [0, 0.1) is 0 Å². The quantitative estimate of drug-likeness (QED) is 0.344. The van der Waals surface area contributed by atoms with Crippen molar-refractivity contribution >= 4 is 49.1 Å². The standard InChI is InChI=1S/C24H30N8O3S/c1-25-17-7-8-32(13-17)21-6-5-19(23-20(21)14-31(3)29-23)24(33)27-18-9-15(11-26-36(4,34)35)22-16(10-18)12-30(2)28-22/h5-6,9-10,12,14,17,25-26H,7-8,11,13H2,1-4H3,(H,27,33). The number of hydrogen-bond donors (Lipinski definition) is 3. The average Bonchev–Trinajstić information content (AvgIpc) is 3.53. The molecule has 3 N–H and O–H groups in total. The van der Waals surface area contributed by atoms with Crippen LogP contribution in [-0.4, -0.2) is 66.3 Å². The lowest BCUT2D eigenvalue weighted by molar-refractivity contribution is 0.102. The SMILES string of the molecule is CNC1CCN(c2ccc(C(=O)Nc3cc(CNS(C)(=O)=O)c4nn(C)cc4c3)c3nn(C)cc23)C1. The molecular formula is C24H30N8O3S. The lowest BCUT2D eigenvalue weighted by Crippen LogP contribution is -2.29. The number of likely N-dealkylation sites (N-methyl/N-ethyl adjacent to an activating group) is 1. The number of aromatic nitrogens is 4. The van der Waals surface area contributed by atoms with Crippen molar-refractivity contribution in [1.82, 2.24) is 29.6 Å². The van der Waals surface area contributed by atoms with Crippen molar-refractivity contribution in [3.05, 3.63) is 47.8 Å². The van der Waals surface area contributed by atoms with Crippen molar-refractivity contribution in [2.24, 2.45) is 14.1 Å². The molecule has 0 radical (unpaired) electrons. The van der Waals surface area contributed by atoms with Crippen molar-refractivity contribution < 1.29 is 13.2 Å². The highest BCUT2D eigenvalue weighted by Crippen LogP contribution is 2.32. The van der Waals surface area contributed by atoms with E-state index in [1.165, 1.54) is 0 Å². The Bertz CT molecular complexity index is 1570. The maximum Gasteiger partial charge on any atom is 0.257 e. The molecule has 0 bridgehead atoms. The van der Waals surface area contributed by atoms with Crippen LogP contribution in [0.3, 0.4) is 0 Å². The minimum atomic E-state index is -3.39. The zero-order chi connectivity index (χ0) is 25.6. The molecule has 11 nitrogen and oxygen atoms in total. The topological polar surface area (TPSA) is 126 Å². The second-order valence-electron chi connectivity index (χ2n) is 9.34. The zero-order valence-electron chi connectivity index (χ0n) is 20.7. The molecule has 1 atom stereocenters. The van der Waals surface area contributed by atoms with Gasteiger partial charge in [-0.2, -0.15) is 10.2 Å². The van der Waals surface area contributed by atoms with E-state index in [0.29, 0.717) is 33.9 Å². The van der Waals surface area contributed by atoms with Gasteiger partial charge >= 0.3 is 0 Å². The van der Waals surface area contributed by atoms with Crippen LogP contribution < -0.4 is 20.3 Å². The predicted octanol–water partition coefficient (Wildman–Crippen LogP) is 1.56. The molecule has 5 rings (SSSR count). The molecule has 190 valence electrons. The molecule has 2 aromatic heterocycles. The van der Waals surface area contributed by atoms with Crippen LogP contribution >= 0.6 is 0 Å². The molecule has 0 aliphatic carbocycles. The lowest BCUT2D eigenvalue weighted by Gasteiger charge is -2.20. The lowest BCUT2D eigenvalue weighted by atomic mass is 10.1. The largest absolute Gasteiger partial charge is 0.369 e. The molecule has 1 fully saturated rings. The van der Waals surface area contributed by atoms with Crippen LogP contribution in [-0.2, 0) is 30.7 Å². The third-order valence-corrected chi connectivity index (χ3v) is 7.20. The molecule has 36 heavy (non-hydrogen) atoms. The van der Waals surface area contributed by atoms with E-state index in [9.17, 15) is 13.2 Å². The van der Waals surface area contributed by atoms with Gasteiger partial charge in [0.1, 0.15) is 5.52 Å². The fraction of sp³-hybridized carbons (Fsp3) is 0.375. The zero-order valence-corrected chi connectivity index (χ0v) is 21.6. The van der Waals surface area contributed by atoms with Crippen molar-refractivity contribution in [3.8, 4) is 0 Å². The highest BCUT2D eigenvalue weighted by molar-refractivity contribution is 7.88. The number of rotatable bonds is 7. The van der Waals surface area contributed by atoms with E-state index in [0.717, 1.165) is 42.2 Å². The highest BCUT2D eigenvalue weighted by Gasteiger charge is 2.25. The molecule has 12 heteroatoms. The van der Waals surface area contributed by atoms with E-state index in [4.69, 9.17) is 0 Å². The fourth-order valence-electron chi connectivity index (χ4n) is 4.82. The van der Waals surface area contributed by atoms with Crippen LogP contribution in [0.15, 0.2) is 36.7 Å². The maximum atomic E-state index is 13.4. The van der Waals surface area contributed by atoms with Crippen molar-refractivity contribution in [2.75, 3.05) is 36.6 Å². The smallest absolute Gasteiger partial charge is 0.257 e. The number of sulfonamides is 1. The Kier molecular flexibility index (Phi) is 6.18. The number of carbonyl (C=O) groups excluding carboxylic acids is 1. The minimum absolute atomic E-state index is 0.0681. The Morgan fingerprint density at radius 2 is 1.86 bits per heavy atom. The first-order valence-corrected chi connectivity index (χ1v) is 13.6. The molecule has 1 amide bonds. The monoisotopic (exact) mass is 510 g/mol. The van der Waals surface area contributed by atoms with Gasteiger partial charge in [0.25, 0.3) is 5.91 Å². The van der Waals surface area contributed by atoms with E-state index in [1.807, 2.05) is 44.7 Å². The van der Waals surface area contributed by atoms with Gasteiger partial charge < -0.3 is 15.5 Å². The van der Waals surface area contributed by atoms with Gasteiger partial charge in [-0.05, 0) is 43.3 Å². The number of nitrogens with zero attached hydrogens (tertiary/aromatic N) is 5. The van der Waals surface area contributed by atoms with Gasteiger partial charge in [-0.15, -0.1) is 0 Å². The number of aryl methyl sites for hydroxylation is 2. The molecule has 1 unspecified atom stereocenters. The Morgan fingerprint density at radius 3 is 2.58 bits per heavy atom. The second-order valence-corrected chi connectivity index (χ2v) is 11.2. The Hall–Kier alpha value is -3.48. The molecule has 2 aromatic carbocycles. The van der Waals surface area contributed by atoms with Crippen molar-refractivity contribution in [1.29, 1.82) is 0 Å². The first-order valence-electron chi connectivity index (χ1n) is 11.7. The number of benzene rings is 2. The number of hydrogen-bond acceptors (Lipinski definition) is 7. The Labute approximate surface area is 209 Å². The molecule has 0 spiro atoms. The summed E-state index contributed by atoms with van der Waals surface area (Å²) in [5.74, 6) is -0.287. The van der Waals surface area contributed by atoms with Crippen molar-refractivity contribution in [2.45, 2.75) is 19.0 Å².